The summed E-state index contributed by atoms with van der Waals surface area (Å²) in [7, 11) is -0.541. The van der Waals surface area contributed by atoms with E-state index in [9.17, 15) is 4.79 Å². The molecule has 0 heterocycles. The number of carbonyl (C=O) groups excluding carboxylic acids is 1. The van der Waals surface area contributed by atoms with Crippen molar-refractivity contribution in [3.63, 3.8) is 0 Å². The Morgan fingerprint density at radius 3 is 1.76 bits per heavy atom. The molecule has 0 saturated heterocycles. The quantitative estimate of drug-likeness (QED) is 0.416. The molecule has 0 aromatic heterocycles. The van der Waals surface area contributed by atoms with E-state index in [4.69, 9.17) is 9.16 Å². The van der Waals surface area contributed by atoms with Crippen molar-refractivity contribution in [3.8, 4) is 0 Å². The molecule has 1 unspecified atom stereocenters. The molecule has 0 aliphatic heterocycles. The number of rotatable bonds is 9. The molecule has 0 amide bonds. The lowest BCUT2D eigenvalue weighted by Gasteiger charge is -2.38. The van der Waals surface area contributed by atoms with Gasteiger partial charge in [0.25, 0.3) is 0 Å². The van der Waals surface area contributed by atoms with Crippen LogP contribution in [0.4, 0.5) is 0 Å². The molecule has 0 bridgehead atoms. The highest BCUT2D eigenvalue weighted by Crippen LogP contribution is 2.36. The predicted octanol–water partition coefficient (Wildman–Crippen LogP) is 5.25. The lowest BCUT2D eigenvalue weighted by Crippen LogP contribution is -2.49. The average Bonchev–Trinajstić information content (AvgIpc) is 2.68. The van der Waals surface area contributed by atoms with E-state index in [0.29, 0.717) is 19.7 Å². The maximum atomic E-state index is 12.8. The van der Waals surface area contributed by atoms with E-state index in [2.05, 4.69) is 63.0 Å². The first-order valence-electron chi connectivity index (χ1n) is 10.2. The normalized spacial score (nSPS) is 13.3. The number of ether oxygens (including phenoxy) is 1. The van der Waals surface area contributed by atoms with Gasteiger partial charge in [0.15, 0.2) is 8.32 Å². The van der Waals surface area contributed by atoms with Crippen LogP contribution in [0.2, 0.25) is 18.1 Å². The van der Waals surface area contributed by atoms with Gasteiger partial charge >= 0.3 is 5.97 Å². The number of nitrogens with zero attached hydrogens (tertiary/aromatic N) is 1. The van der Waals surface area contributed by atoms with Crippen LogP contribution in [0.1, 0.15) is 31.9 Å². The van der Waals surface area contributed by atoms with Crippen molar-refractivity contribution in [2.75, 3.05) is 13.7 Å². The average molecular weight is 414 g/mol. The third-order valence-electron chi connectivity index (χ3n) is 5.78. The van der Waals surface area contributed by atoms with Gasteiger partial charge in [-0.15, -0.1) is 0 Å². The third-order valence-corrected chi connectivity index (χ3v) is 10.3. The van der Waals surface area contributed by atoms with Crippen LogP contribution in [0.5, 0.6) is 0 Å². The second kappa shape index (κ2) is 10.2. The summed E-state index contributed by atoms with van der Waals surface area (Å²) in [6.45, 7) is 12.7. The van der Waals surface area contributed by atoms with Crippen molar-refractivity contribution in [3.05, 3.63) is 71.8 Å². The summed E-state index contributed by atoms with van der Waals surface area (Å²) in [4.78, 5) is 14.9. The molecule has 2 aromatic carbocycles. The van der Waals surface area contributed by atoms with Crippen molar-refractivity contribution in [1.82, 2.24) is 4.90 Å². The first kappa shape index (κ1) is 23.3. The van der Waals surface area contributed by atoms with Crippen LogP contribution >= 0.6 is 0 Å². The smallest absolute Gasteiger partial charge is 0.325 e. The Hall–Kier alpha value is -1.95. The lowest BCUT2D eigenvalue weighted by atomic mass is 10.1. The van der Waals surface area contributed by atoms with Crippen LogP contribution in [-0.4, -0.2) is 38.9 Å². The van der Waals surface area contributed by atoms with Gasteiger partial charge in [-0.25, -0.2) is 0 Å². The minimum atomic E-state index is -1.99. The summed E-state index contributed by atoms with van der Waals surface area (Å²) < 4.78 is 11.6. The Morgan fingerprint density at radius 2 is 1.38 bits per heavy atom. The van der Waals surface area contributed by atoms with E-state index in [-0.39, 0.29) is 11.0 Å². The van der Waals surface area contributed by atoms with E-state index in [1.165, 1.54) is 7.11 Å². The maximum Gasteiger partial charge on any atom is 0.325 e. The fourth-order valence-corrected chi connectivity index (χ4v) is 3.88. The fraction of sp³-hybridized carbons (Fsp3) is 0.458. The molecular formula is C24H35NO3Si. The molecule has 0 aliphatic rings. The van der Waals surface area contributed by atoms with Crippen LogP contribution in [0.3, 0.4) is 0 Å². The molecule has 0 spiro atoms. The van der Waals surface area contributed by atoms with Gasteiger partial charge in [-0.1, -0.05) is 81.4 Å². The molecular weight excluding hydrogens is 378 g/mol. The Balaban J connectivity index is 2.29. The zero-order chi connectivity index (χ0) is 21.5. The molecule has 2 aromatic rings. The molecule has 0 radical (unpaired) electrons. The zero-order valence-electron chi connectivity index (χ0n) is 18.6. The molecule has 5 heteroatoms. The van der Waals surface area contributed by atoms with E-state index >= 15 is 0 Å². The van der Waals surface area contributed by atoms with E-state index < -0.39 is 14.4 Å². The van der Waals surface area contributed by atoms with E-state index in [1.54, 1.807) is 0 Å². The second-order valence-electron chi connectivity index (χ2n) is 8.99. The Kier molecular flexibility index (Phi) is 8.20. The van der Waals surface area contributed by atoms with Crippen molar-refractivity contribution < 1.29 is 14.0 Å². The number of carbonyl (C=O) groups is 1. The van der Waals surface area contributed by atoms with Gasteiger partial charge in [-0.3, -0.25) is 9.69 Å². The topological polar surface area (TPSA) is 38.8 Å². The molecule has 29 heavy (non-hydrogen) atoms. The van der Waals surface area contributed by atoms with Crippen molar-refractivity contribution >= 4 is 14.3 Å². The van der Waals surface area contributed by atoms with Gasteiger partial charge in [-0.05, 0) is 29.3 Å². The van der Waals surface area contributed by atoms with Crippen LogP contribution in [-0.2, 0) is 27.0 Å². The SMILES string of the molecule is COC(=O)C(CO[Si](C)(C)C(C)(C)C)N(Cc1ccccc1)Cc1ccccc1. The Morgan fingerprint density at radius 1 is 0.931 bits per heavy atom. The van der Waals surface area contributed by atoms with Gasteiger partial charge in [-0.2, -0.15) is 0 Å². The van der Waals surface area contributed by atoms with E-state index in [1.807, 2.05) is 36.4 Å². The molecule has 0 N–H and O–H groups in total. The summed E-state index contributed by atoms with van der Waals surface area (Å²) in [6, 6.07) is 20.0. The monoisotopic (exact) mass is 413 g/mol. The van der Waals surface area contributed by atoms with Crippen molar-refractivity contribution in [2.24, 2.45) is 0 Å². The van der Waals surface area contributed by atoms with Crippen LogP contribution < -0.4 is 0 Å². The van der Waals surface area contributed by atoms with Crippen molar-refractivity contribution in [1.29, 1.82) is 0 Å². The molecule has 2 rings (SSSR count). The Labute approximate surface area is 177 Å². The zero-order valence-corrected chi connectivity index (χ0v) is 19.6. The van der Waals surface area contributed by atoms with Crippen molar-refractivity contribution in [2.45, 2.75) is 58.0 Å². The van der Waals surface area contributed by atoms with Crippen LogP contribution in [0.25, 0.3) is 0 Å². The maximum absolute atomic E-state index is 12.8. The largest absolute Gasteiger partial charge is 0.468 e. The number of esters is 1. The highest BCUT2D eigenvalue weighted by molar-refractivity contribution is 6.74. The van der Waals surface area contributed by atoms with E-state index in [0.717, 1.165) is 11.1 Å². The second-order valence-corrected chi connectivity index (χ2v) is 13.8. The number of methoxy groups -OCH3 is 1. The highest BCUT2D eigenvalue weighted by atomic mass is 28.4. The fourth-order valence-electron chi connectivity index (χ4n) is 2.87. The number of benzene rings is 2. The number of hydrogen-bond acceptors (Lipinski definition) is 4. The molecule has 4 nitrogen and oxygen atoms in total. The van der Waals surface area contributed by atoms with Gasteiger partial charge in [0, 0.05) is 13.1 Å². The molecule has 1 atom stereocenters. The highest BCUT2D eigenvalue weighted by Gasteiger charge is 2.39. The minimum absolute atomic E-state index is 0.0807. The lowest BCUT2D eigenvalue weighted by molar-refractivity contribution is -0.149. The standard InChI is InChI=1S/C24H35NO3Si/c1-24(2,3)29(5,6)28-19-22(23(26)27-4)25(17-20-13-9-7-10-14-20)18-21-15-11-8-12-16-21/h7-16,22H,17-19H2,1-6H3. The Bertz CT molecular complexity index is 715. The molecule has 0 aliphatic carbocycles. The summed E-state index contributed by atoms with van der Waals surface area (Å²) >= 11 is 0. The van der Waals surface area contributed by atoms with Gasteiger partial charge in [0.05, 0.1) is 13.7 Å². The van der Waals surface area contributed by atoms with Crippen LogP contribution in [0.15, 0.2) is 60.7 Å². The van der Waals surface area contributed by atoms with Gasteiger partial charge in [0.2, 0.25) is 0 Å². The van der Waals surface area contributed by atoms with Crippen LogP contribution in [0, 0.1) is 0 Å². The molecule has 0 fully saturated rings. The predicted molar refractivity (Wildman–Crippen MR) is 121 cm³/mol. The summed E-state index contributed by atoms with van der Waals surface area (Å²) in [5.41, 5.74) is 2.31. The number of hydrogen-bond donors (Lipinski definition) is 0. The molecule has 158 valence electrons. The van der Waals surface area contributed by atoms with Gasteiger partial charge < -0.3 is 9.16 Å². The summed E-state index contributed by atoms with van der Waals surface area (Å²) in [5, 5.41) is 0.0807. The first-order chi connectivity index (χ1) is 13.6. The minimum Gasteiger partial charge on any atom is -0.468 e. The third kappa shape index (κ3) is 6.80. The molecule has 0 saturated carbocycles. The summed E-state index contributed by atoms with van der Waals surface area (Å²) in [5.74, 6) is -0.254. The summed E-state index contributed by atoms with van der Waals surface area (Å²) in [6.07, 6.45) is 0. The van der Waals surface area contributed by atoms with Gasteiger partial charge in [0.1, 0.15) is 6.04 Å². The first-order valence-corrected chi connectivity index (χ1v) is 13.1.